The third kappa shape index (κ3) is 5.29. The number of hydrogen-bond donors (Lipinski definition) is 2. The van der Waals surface area contributed by atoms with Gasteiger partial charge in [-0.1, -0.05) is 13.8 Å². The molecule has 126 valence electrons. The molecule has 0 radical (unpaired) electrons. The van der Waals surface area contributed by atoms with E-state index < -0.39 is 0 Å². The van der Waals surface area contributed by atoms with Gasteiger partial charge in [0.05, 0.1) is 5.69 Å². The van der Waals surface area contributed by atoms with Crippen molar-refractivity contribution >= 4 is 18.3 Å². The molecule has 0 aliphatic carbocycles. The fourth-order valence-corrected chi connectivity index (χ4v) is 3.12. The first kappa shape index (κ1) is 19.0. The van der Waals surface area contributed by atoms with Gasteiger partial charge in [-0.05, 0) is 44.2 Å². The Kier molecular flexibility index (Phi) is 7.90. The summed E-state index contributed by atoms with van der Waals surface area (Å²) in [7, 11) is 1.92. The van der Waals surface area contributed by atoms with Crippen molar-refractivity contribution in [2.24, 2.45) is 18.9 Å². The maximum absolute atomic E-state index is 12.1. The molecule has 0 aromatic carbocycles. The van der Waals surface area contributed by atoms with Crippen LogP contribution in [-0.4, -0.2) is 28.8 Å². The molecule has 2 rings (SSSR count). The summed E-state index contributed by atoms with van der Waals surface area (Å²) in [6.07, 6.45) is 5.98. The summed E-state index contributed by atoms with van der Waals surface area (Å²) < 4.78 is 1.82. The third-order valence-corrected chi connectivity index (χ3v) is 4.45. The van der Waals surface area contributed by atoms with Crippen LogP contribution in [0.4, 0.5) is 0 Å². The summed E-state index contributed by atoms with van der Waals surface area (Å²) in [6, 6.07) is 0. The molecule has 6 heteroatoms. The Bertz CT molecular complexity index is 469. The quantitative estimate of drug-likeness (QED) is 0.840. The molecule has 1 aliphatic heterocycles. The van der Waals surface area contributed by atoms with Crippen molar-refractivity contribution in [3.05, 3.63) is 17.5 Å². The molecule has 2 atom stereocenters. The number of carbonyl (C=O) groups excluding carboxylic acids is 1. The number of rotatable bonds is 6. The van der Waals surface area contributed by atoms with Gasteiger partial charge in [0.2, 0.25) is 5.91 Å². The minimum absolute atomic E-state index is 0. The summed E-state index contributed by atoms with van der Waals surface area (Å²) in [6.45, 7) is 7.04. The summed E-state index contributed by atoms with van der Waals surface area (Å²) >= 11 is 0. The molecular formula is C16H29ClN4O. The topological polar surface area (TPSA) is 59.0 Å². The van der Waals surface area contributed by atoms with E-state index >= 15 is 0 Å². The number of amides is 1. The van der Waals surface area contributed by atoms with E-state index in [1.165, 1.54) is 12.8 Å². The summed E-state index contributed by atoms with van der Waals surface area (Å²) in [5.74, 6) is 1.23. The van der Waals surface area contributed by atoms with Gasteiger partial charge in [0.25, 0.3) is 0 Å². The van der Waals surface area contributed by atoms with Crippen molar-refractivity contribution in [3.8, 4) is 0 Å². The van der Waals surface area contributed by atoms with Crippen LogP contribution in [0.5, 0.6) is 0 Å². The summed E-state index contributed by atoms with van der Waals surface area (Å²) in [4.78, 5) is 12.1. The Morgan fingerprint density at radius 3 is 3.00 bits per heavy atom. The number of aromatic nitrogens is 2. The molecule has 22 heavy (non-hydrogen) atoms. The lowest BCUT2D eigenvalue weighted by Gasteiger charge is -2.28. The molecule has 1 amide bonds. The van der Waals surface area contributed by atoms with E-state index in [1.807, 2.05) is 17.9 Å². The van der Waals surface area contributed by atoms with Gasteiger partial charge < -0.3 is 10.6 Å². The summed E-state index contributed by atoms with van der Waals surface area (Å²) in [5.41, 5.74) is 2.20. The predicted molar refractivity (Wildman–Crippen MR) is 91.1 cm³/mol. The van der Waals surface area contributed by atoms with E-state index in [-0.39, 0.29) is 18.3 Å². The van der Waals surface area contributed by atoms with Crippen molar-refractivity contribution in [2.75, 3.05) is 13.1 Å². The zero-order chi connectivity index (χ0) is 15.2. The van der Waals surface area contributed by atoms with Gasteiger partial charge in [0, 0.05) is 31.8 Å². The molecule has 1 aliphatic rings. The first-order valence-electron chi connectivity index (χ1n) is 8.09. The standard InChI is InChI=1S/C16H28N4O.ClH/c1-4-15-14(11-20(3)19-15)10-18-16(21)8-12(2)13-6-5-7-17-9-13;/h11-13,17H,4-10H2,1-3H3,(H,18,21);1H. The van der Waals surface area contributed by atoms with Gasteiger partial charge in [0.1, 0.15) is 0 Å². The highest BCUT2D eigenvalue weighted by Crippen LogP contribution is 2.22. The highest BCUT2D eigenvalue weighted by Gasteiger charge is 2.22. The number of nitrogens with zero attached hydrogens (tertiary/aromatic N) is 2. The van der Waals surface area contributed by atoms with Gasteiger partial charge >= 0.3 is 0 Å². The zero-order valence-corrected chi connectivity index (χ0v) is 14.7. The largest absolute Gasteiger partial charge is 0.352 e. The van der Waals surface area contributed by atoms with Crippen molar-refractivity contribution < 1.29 is 4.79 Å². The number of piperidine rings is 1. The molecule has 0 spiro atoms. The lowest BCUT2D eigenvalue weighted by atomic mass is 9.85. The van der Waals surface area contributed by atoms with E-state index in [0.717, 1.165) is 30.8 Å². The minimum Gasteiger partial charge on any atom is -0.352 e. The number of nitrogens with one attached hydrogen (secondary N) is 2. The second-order valence-corrected chi connectivity index (χ2v) is 6.19. The smallest absolute Gasteiger partial charge is 0.220 e. The molecule has 0 saturated carbocycles. The molecular weight excluding hydrogens is 300 g/mol. The van der Waals surface area contributed by atoms with Crippen LogP contribution < -0.4 is 10.6 Å². The second kappa shape index (κ2) is 9.16. The van der Waals surface area contributed by atoms with Crippen molar-refractivity contribution in [1.82, 2.24) is 20.4 Å². The van der Waals surface area contributed by atoms with Gasteiger partial charge in [-0.3, -0.25) is 9.48 Å². The zero-order valence-electron chi connectivity index (χ0n) is 13.9. The van der Waals surface area contributed by atoms with E-state index in [1.54, 1.807) is 0 Å². The van der Waals surface area contributed by atoms with Crippen LogP contribution in [0, 0.1) is 11.8 Å². The third-order valence-electron chi connectivity index (χ3n) is 4.45. The molecule has 1 fully saturated rings. The van der Waals surface area contributed by atoms with Crippen molar-refractivity contribution in [1.29, 1.82) is 0 Å². The van der Waals surface area contributed by atoms with E-state index in [4.69, 9.17) is 0 Å². The Morgan fingerprint density at radius 1 is 1.59 bits per heavy atom. The highest BCUT2D eigenvalue weighted by molar-refractivity contribution is 5.85. The molecule has 2 N–H and O–H groups in total. The number of hydrogen-bond acceptors (Lipinski definition) is 3. The van der Waals surface area contributed by atoms with Crippen LogP contribution in [-0.2, 0) is 24.8 Å². The SMILES string of the molecule is CCc1nn(C)cc1CNC(=O)CC(C)C1CCCNC1.Cl. The minimum atomic E-state index is 0. The van der Waals surface area contributed by atoms with Gasteiger partial charge in [-0.2, -0.15) is 5.10 Å². The highest BCUT2D eigenvalue weighted by atomic mass is 35.5. The van der Waals surface area contributed by atoms with Crippen LogP contribution in [0.15, 0.2) is 6.20 Å². The number of aryl methyl sites for hydroxylation is 2. The van der Waals surface area contributed by atoms with Crippen molar-refractivity contribution in [2.45, 2.75) is 46.1 Å². The first-order valence-corrected chi connectivity index (χ1v) is 8.09. The predicted octanol–water partition coefficient (Wildman–Crippen LogP) is 2.05. The van der Waals surface area contributed by atoms with Crippen LogP contribution in [0.3, 0.4) is 0 Å². The lowest BCUT2D eigenvalue weighted by molar-refractivity contribution is -0.122. The van der Waals surface area contributed by atoms with Crippen LogP contribution >= 0.6 is 12.4 Å². The Morgan fingerprint density at radius 2 is 2.36 bits per heavy atom. The molecule has 5 nitrogen and oxygen atoms in total. The molecule has 0 bridgehead atoms. The van der Waals surface area contributed by atoms with Gasteiger partial charge in [-0.25, -0.2) is 0 Å². The lowest BCUT2D eigenvalue weighted by Crippen LogP contribution is -2.35. The Hall–Kier alpha value is -1.07. The Balaban J connectivity index is 0.00000242. The molecule has 2 unspecified atom stereocenters. The average molecular weight is 329 g/mol. The van der Waals surface area contributed by atoms with E-state index in [2.05, 4.69) is 29.6 Å². The monoisotopic (exact) mass is 328 g/mol. The molecule has 1 saturated heterocycles. The average Bonchev–Trinajstić information content (AvgIpc) is 2.86. The maximum atomic E-state index is 12.1. The van der Waals surface area contributed by atoms with Crippen LogP contribution in [0.1, 0.15) is 44.4 Å². The number of halogens is 1. The molecule has 2 heterocycles. The fraction of sp³-hybridized carbons (Fsp3) is 0.750. The van der Waals surface area contributed by atoms with E-state index in [9.17, 15) is 4.79 Å². The second-order valence-electron chi connectivity index (χ2n) is 6.19. The van der Waals surface area contributed by atoms with Gasteiger partial charge in [0.15, 0.2) is 0 Å². The molecule has 1 aromatic heterocycles. The van der Waals surface area contributed by atoms with Crippen LogP contribution in [0.2, 0.25) is 0 Å². The number of carbonyl (C=O) groups is 1. The Labute approximate surface area is 139 Å². The molecule has 1 aromatic rings. The maximum Gasteiger partial charge on any atom is 0.220 e. The fourth-order valence-electron chi connectivity index (χ4n) is 3.12. The first-order chi connectivity index (χ1) is 10.1. The van der Waals surface area contributed by atoms with E-state index in [0.29, 0.717) is 24.8 Å². The van der Waals surface area contributed by atoms with Crippen LogP contribution in [0.25, 0.3) is 0 Å². The van der Waals surface area contributed by atoms with Crippen molar-refractivity contribution in [3.63, 3.8) is 0 Å². The normalized spacial score (nSPS) is 19.3. The summed E-state index contributed by atoms with van der Waals surface area (Å²) in [5, 5.41) is 10.9. The van der Waals surface area contributed by atoms with Gasteiger partial charge in [-0.15, -0.1) is 12.4 Å².